The first-order valence-electron chi connectivity index (χ1n) is 5.14. The summed E-state index contributed by atoms with van der Waals surface area (Å²) in [6, 6.07) is 5.24. The van der Waals surface area contributed by atoms with Gasteiger partial charge in [-0.15, -0.1) is 0 Å². The van der Waals surface area contributed by atoms with Gasteiger partial charge in [-0.2, -0.15) is 0 Å². The van der Waals surface area contributed by atoms with Crippen molar-refractivity contribution in [2.45, 2.75) is 26.4 Å². The molecule has 1 heterocycles. The number of aliphatic imine (C=N–C) groups is 1. The van der Waals surface area contributed by atoms with Crippen LogP contribution in [0.3, 0.4) is 0 Å². The molecule has 16 heavy (non-hydrogen) atoms. The lowest BCUT2D eigenvalue weighted by Gasteiger charge is -2.37. The minimum absolute atomic E-state index is 0.234. The molecule has 0 saturated carbocycles. The number of benzene rings is 1. The third-order valence-corrected chi connectivity index (χ3v) is 3.28. The average Bonchev–Trinajstić information content (AvgIpc) is 2.41. The van der Waals surface area contributed by atoms with Gasteiger partial charge >= 0.3 is 0 Å². The van der Waals surface area contributed by atoms with E-state index in [4.69, 9.17) is 17.3 Å². The summed E-state index contributed by atoms with van der Waals surface area (Å²) in [6.07, 6.45) is 0. The Morgan fingerprint density at radius 1 is 1.38 bits per heavy atom. The molecular weight excluding hydrogens is 224 g/mol. The van der Waals surface area contributed by atoms with Gasteiger partial charge in [-0.25, -0.2) is 4.99 Å². The zero-order chi connectivity index (χ0) is 12.1. The number of amidine groups is 1. The van der Waals surface area contributed by atoms with E-state index in [2.05, 4.69) is 4.99 Å². The summed E-state index contributed by atoms with van der Waals surface area (Å²) in [5, 5.41) is 11.3. The van der Waals surface area contributed by atoms with Gasteiger partial charge < -0.3 is 10.8 Å². The Balaban J connectivity index is 2.69. The van der Waals surface area contributed by atoms with Crippen LogP contribution in [0.25, 0.3) is 0 Å². The molecule has 1 atom stereocenters. The maximum Gasteiger partial charge on any atom is 0.153 e. The topological polar surface area (TPSA) is 58.6 Å². The SMILES string of the molecule is CC(C)(C)C1(O)C(N)=Nc2ccc(Cl)cc21. The average molecular weight is 239 g/mol. The van der Waals surface area contributed by atoms with Gasteiger partial charge in [0.2, 0.25) is 0 Å². The molecule has 1 unspecified atom stereocenters. The van der Waals surface area contributed by atoms with E-state index >= 15 is 0 Å². The minimum atomic E-state index is -1.24. The first-order chi connectivity index (χ1) is 7.26. The van der Waals surface area contributed by atoms with Gasteiger partial charge in [-0.1, -0.05) is 32.4 Å². The van der Waals surface area contributed by atoms with Crippen molar-refractivity contribution in [3.63, 3.8) is 0 Å². The van der Waals surface area contributed by atoms with Gasteiger partial charge in [0, 0.05) is 16.0 Å². The van der Waals surface area contributed by atoms with Crippen LogP contribution in [0.5, 0.6) is 0 Å². The molecule has 0 spiro atoms. The van der Waals surface area contributed by atoms with Crippen LogP contribution in [-0.2, 0) is 5.60 Å². The first kappa shape index (κ1) is 11.4. The number of hydrogen-bond acceptors (Lipinski definition) is 3. The number of hydrogen-bond donors (Lipinski definition) is 2. The molecule has 0 amide bonds. The van der Waals surface area contributed by atoms with E-state index in [-0.39, 0.29) is 5.84 Å². The fourth-order valence-corrected chi connectivity index (χ4v) is 2.20. The first-order valence-corrected chi connectivity index (χ1v) is 5.51. The van der Waals surface area contributed by atoms with Crippen molar-refractivity contribution in [3.8, 4) is 0 Å². The summed E-state index contributed by atoms with van der Waals surface area (Å²) >= 11 is 5.95. The Kier molecular flexibility index (Phi) is 2.30. The molecule has 1 aromatic carbocycles. The third kappa shape index (κ3) is 1.35. The van der Waals surface area contributed by atoms with Gasteiger partial charge in [0.15, 0.2) is 5.60 Å². The van der Waals surface area contributed by atoms with Crippen molar-refractivity contribution in [1.82, 2.24) is 0 Å². The van der Waals surface area contributed by atoms with Gasteiger partial charge in [0.25, 0.3) is 0 Å². The molecule has 0 aromatic heterocycles. The summed E-state index contributed by atoms with van der Waals surface area (Å²) in [5.41, 5.74) is 5.56. The summed E-state index contributed by atoms with van der Waals surface area (Å²) in [4.78, 5) is 4.20. The van der Waals surface area contributed by atoms with Crippen LogP contribution in [0.1, 0.15) is 26.3 Å². The molecule has 86 valence electrons. The Morgan fingerprint density at radius 3 is 2.56 bits per heavy atom. The van der Waals surface area contributed by atoms with Crippen molar-refractivity contribution in [2.75, 3.05) is 0 Å². The van der Waals surface area contributed by atoms with E-state index in [0.29, 0.717) is 16.3 Å². The molecule has 0 saturated heterocycles. The minimum Gasteiger partial charge on any atom is -0.384 e. The molecule has 1 aliphatic rings. The monoisotopic (exact) mass is 238 g/mol. The molecule has 1 aliphatic heterocycles. The van der Waals surface area contributed by atoms with E-state index < -0.39 is 11.0 Å². The second-order valence-electron chi connectivity index (χ2n) is 5.12. The molecule has 1 aromatic rings. The maximum atomic E-state index is 10.8. The van der Waals surface area contributed by atoms with Crippen LogP contribution >= 0.6 is 11.6 Å². The highest BCUT2D eigenvalue weighted by atomic mass is 35.5. The van der Waals surface area contributed by atoms with Crippen molar-refractivity contribution in [2.24, 2.45) is 16.1 Å². The molecule has 0 fully saturated rings. The Bertz CT molecular complexity index is 476. The highest BCUT2D eigenvalue weighted by Gasteiger charge is 2.49. The van der Waals surface area contributed by atoms with Crippen LogP contribution in [0, 0.1) is 5.41 Å². The molecule has 3 N–H and O–H groups in total. The second-order valence-corrected chi connectivity index (χ2v) is 5.56. The summed E-state index contributed by atoms with van der Waals surface area (Å²) in [5.74, 6) is 0.234. The Hall–Kier alpha value is -1.06. The van der Waals surface area contributed by atoms with E-state index in [1.807, 2.05) is 20.8 Å². The smallest absolute Gasteiger partial charge is 0.153 e. The zero-order valence-electron chi connectivity index (χ0n) is 9.58. The molecule has 0 bridgehead atoms. The van der Waals surface area contributed by atoms with Gasteiger partial charge in [0.1, 0.15) is 5.84 Å². The van der Waals surface area contributed by atoms with Crippen molar-refractivity contribution in [3.05, 3.63) is 28.8 Å². The highest BCUT2D eigenvalue weighted by Crippen LogP contribution is 2.48. The van der Waals surface area contributed by atoms with Gasteiger partial charge in [0.05, 0.1) is 5.69 Å². The molecule has 0 radical (unpaired) electrons. The highest BCUT2D eigenvalue weighted by molar-refractivity contribution is 6.30. The summed E-state index contributed by atoms with van der Waals surface area (Å²) in [7, 11) is 0. The summed E-state index contributed by atoms with van der Waals surface area (Å²) in [6.45, 7) is 5.77. The Labute approximate surface area is 99.9 Å². The van der Waals surface area contributed by atoms with E-state index in [9.17, 15) is 5.11 Å². The lowest BCUT2D eigenvalue weighted by atomic mass is 9.72. The summed E-state index contributed by atoms with van der Waals surface area (Å²) < 4.78 is 0. The predicted molar refractivity (Wildman–Crippen MR) is 66.1 cm³/mol. The zero-order valence-corrected chi connectivity index (χ0v) is 10.3. The predicted octanol–water partition coefficient (Wildman–Crippen LogP) is 2.58. The molecule has 0 aliphatic carbocycles. The standard InChI is InChI=1S/C12H15ClN2O/c1-11(2,3)12(16)8-6-7(13)4-5-9(8)15-10(12)14/h4-6,16H,1-3H3,(H2,14,15). The maximum absolute atomic E-state index is 10.8. The van der Waals surface area contributed by atoms with E-state index in [0.717, 1.165) is 0 Å². The van der Waals surface area contributed by atoms with Crippen LogP contribution in [-0.4, -0.2) is 10.9 Å². The van der Waals surface area contributed by atoms with Crippen LogP contribution in [0.2, 0.25) is 5.02 Å². The number of halogens is 1. The number of aliphatic hydroxyl groups is 1. The van der Waals surface area contributed by atoms with Crippen LogP contribution < -0.4 is 5.73 Å². The fourth-order valence-electron chi connectivity index (χ4n) is 2.03. The Morgan fingerprint density at radius 2 is 2.00 bits per heavy atom. The van der Waals surface area contributed by atoms with Crippen LogP contribution in [0.15, 0.2) is 23.2 Å². The van der Waals surface area contributed by atoms with E-state index in [1.54, 1.807) is 18.2 Å². The normalized spacial score (nSPS) is 24.2. The molecule has 3 nitrogen and oxygen atoms in total. The van der Waals surface area contributed by atoms with Crippen molar-refractivity contribution >= 4 is 23.1 Å². The molecule has 2 rings (SSSR count). The van der Waals surface area contributed by atoms with Gasteiger partial charge in [-0.05, 0) is 18.2 Å². The number of rotatable bonds is 0. The third-order valence-electron chi connectivity index (χ3n) is 3.05. The molecular formula is C12H15ClN2O. The second kappa shape index (κ2) is 3.22. The quantitative estimate of drug-likeness (QED) is 0.730. The van der Waals surface area contributed by atoms with Gasteiger partial charge in [-0.3, -0.25) is 0 Å². The van der Waals surface area contributed by atoms with E-state index in [1.165, 1.54) is 0 Å². The van der Waals surface area contributed by atoms with Crippen molar-refractivity contribution < 1.29 is 5.11 Å². The largest absolute Gasteiger partial charge is 0.384 e. The number of nitrogens with zero attached hydrogens (tertiary/aromatic N) is 1. The lowest BCUT2D eigenvalue weighted by Crippen LogP contribution is -2.48. The van der Waals surface area contributed by atoms with Crippen LogP contribution in [0.4, 0.5) is 5.69 Å². The lowest BCUT2D eigenvalue weighted by molar-refractivity contribution is 0.00341. The fraction of sp³-hybridized carbons (Fsp3) is 0.417. The molecule has 4 heteroatoms. The number of nitrogens with two attached hydrogens (primary N) is 1. The number of fused-ring (bicyclic) bond motifs is 1. The van der Waals surface area contributed by atoms with Crippen molar-refractivity contribution in [1.29, 1.82) is 0 Å².